The first kappa shape index (κ1) is 34.2. The van der Waals surface area contributed by atoms with Crippen LogP contribution in [0.3, 0.4) is 0 Å². The van der Waals surface area contributed by atoms with E-state index in [2.05, 4.69) is 117 Å². The monoisotopic (exact) mass is 520 g/mol. The number of aryl methyl sites for hydroxylation is 1. The number of rotatable bonds is 2. The van der Waals surface area contributed by atoms with Crippen molar-refractivity contribution < 1.29 is 0 Å². The predicted molar refractivity (Wildman–Crippen MR) is 168 cm³/mol. The van der Waals surface area contributed by atoms with Gasteiger partial charge in [0.25, 0.3) is 0 Å². The Balaban J connectivity index is 0. The summed E-state index contributed by atoms with van der Waals surface area (Å²) < 4.78 is 0. The summed E-state index contributed by atoms with van der Waals surface area (Å²) in [6.07, 6.45) is 4.76. The predicted octanol–water partition coefficient (Wildman–Crippen LogP) is 10.8. The van der Waals surface area contributed by atoms with Gasteiger partial charge in [0.2, 0.25) is 0 Å². The van der Waals surface area contributed by atoms with Crippen LogP contribution in [0, 0.1) is 13.8 Å². The number of benzene rings is 3. The lowest BCUT2D eigenvalue weighted by Gasteiger charge is -2.16. The fourth-order valence-electron chi connectivity index (χ4n) is 2.92. The summed E-state index contributed by atoms with van der Waals surface area (Å²) in [5.74, 6) is 0.508. The summed E-state index contributed by atoms with van der Waals surface area (Å²) in [6, 6.07) is 14.3. The Hall–Kier alpha value is -0.940. The van der Waals surface area contributed by atoms with Crippen molar-refractivity contribution in [3.8, 4) is 0 Å². The Morgan fingerprint density at radius 2 is 1.30 bits per heavy atom. The van der Waals surface area contributed by atoms with E-state index < -0.39 is 0 Å². The van der Waals surface area contributed by atoms with Gasteiger partial charge in [-0.15, -0.1) is 37.9 Å². The minimum absolute atomic E-state index is 0.508. The van der Waals surface area contributed by atoms with E-state index >= 15 is 0 Å². The highest BCUT2D eigenvalue weighted by molar-refractivity contribution is 7.80. The van der Waals surface area contributed by atoms with E-state index in [1.165, 1.54) is 33.9 Å². The van der Waals surface area contributed by atoms with E-state index in [0.29, 0.717) is 5.92 Å². The van der Waals surface area contributed by atoms with Crippen LogP contribution in [-0.4, -0.2) is 6.26 Å². The first-order valence-corrected chi connectivity index (χ1v) is 13.7. The minimum atomic E-state index is 0.508. The van der Waals surface area contributed by atoms with E-state index in [-0.39, 0.29) is 0 Å². The maximum atomic E-state index is 4.54. The zero-order valence-electron chi connectivity index (χ0n) is 21.9. The van der Waals surface area contributed by atoms with Crippen molar-refractivity contribution in [2.75, 3.05) is 6.26 Å². The molecule has 0 atom stereocenters. The third-order valence-corrected chi connectivity index (χ3v) is 5.57. The minimum Gasteiger partial charge on any atom is -0.183 e. The Bertz CT molecular complexity index is 942. The second-order valence-electron chi connectivity index (χ2n) is 7.44. The maximum Gasteiger partial charge on any atom is 0.00782 e. The van der Waals surface area contributed by atoms with Gasteiger partial charge in [0.05, 0.1) is 0 Å². The van der Waals surface area contributed by atoms with Gasteiger partial charge < -0.3 is 0 Å². The van der Waals surface area contributed by atoms with Crippen molar-refractivity contribution in [3.05, 3.63) is 71.3 Å². The van der Waals surface area contributed by atoms with E-state index in [0.717, 1.165) is 20.2 Å². The maximum absolute atomic E-state index is 4.54. The highest BCUT2D eigenvalue weighted by atomic mass is 32.1. The van der Waals surface area contributed by atoms with Crippen LogP contribution in [0.25, 0.3) is 16.8 Å². The van der Waals surface area contributed by atoms with Crippen molar-refractivity contribution >= 4 is 67.4 Å². The Kier molecular flexibility index (Phi) is 20.1. The van der Waals surface area contributed by atoms with Crippen LogP contribution >= 0.6 is 50.5 Å². The fraction of sp³-hybridized carbons (Fsp3) is 0.379. The molecule has 0 unspecified atom stereocenters. The normalized spacial score (nSPS) is 9.27. The molecule has 0 saturated heterocycles. The third kappa shape index (κ3) is 11.8. The highest BCUT2D eigenvalue weighted by Gasteiger charge is 2.12. The average molecular weight is 521 g/mol. The second kappa shape index (κ2) is 19.4. The summed E-state index contributed by atoms with van der Waals surface area (Å²) in [5.41, 5.74) is 5.12. The first-order valence-electron chi connectivity index (χ1n) is 11.5. The molecule has 0 heterocycles. The lowest BCUT2D eigenvalue weighted by Crippen LogP contribution is -1.95. The van der Waals surface area contributed by atoms with Crippen molar-refractivity contribution in [2.45, 2.75) is 82.4 Å². The van der Waals surface area contributed by atoms with Crippen molar-refractivity contribution in [3.63, 3.8) is 0 Å². The molecule has 3 aromatic carbocycles. The summed E-state index contributed by atoms with van der Waals surface area (Å²) >= 11 is 16.7. The highest BCUT2D eigenvalue weighted by Crippen LogP contribution is 2.34. The lowest BCUT2D eigenvalue weighted by molar-refractivity contribution is 0.871. The molecular weight excluding hydrogens is 477 g/mol. The van der Waals surface area contributed by atoms with Gasteiger partial charge in [-0.25, -0.2) is 0 Å². The molecule has 184 valence electrons. The average Bonchev–Trinajstić information content (AvgIpc) is 2.81. The van der Waals surface area contributed by atoms with E-state index in [9.17, 15) is 0 Å². The van der Waals surface area contributed by atoms with Gasteiger partial charge in [0.15, 0.2) is 0 Å². The number of hydrogen-bond acceptors (Lipinski definition) is 4. The standard InChI is InChI=1S/C15H18S2.C8H8S.C3H8.C2H6.CH4S/c1-8(2)13-7-12(16)5-11-6-14(17)9(3)10(4)15(11)13;1-2-7-3-5-8(9)6-4-7;1-3-2;2*1-2/h5-8,16-17H,1-4H3;2-6,9H,1H2;3H2,1-2H3;1-2H3;2H,1H3. The molecule has 0 fully saturated rings. The van der Waals surface area contributed by atoms with E-state index in [1.807, 2.05) is 44.2 Å². The summed E-state index contributed by atoms with van der Waals surface area (Å²) in [6.45, 7) is 20.7. The number of fused-ring (bicyclic) bond motifs is 1. The quantitative estimate of drug-likeness (QED) is 0.237. The topological polar surface area (TPSA) is 0 Å². The van der Waals surface area contributed by atoms with Crippen LogP contribution in [0.2, 0.25) is 0 Å². The van der Waals surface area contributed by atoms with Crippen LogP contribution < -0.4 is 0 Å². The smallest absolute Gasteiger partial charge is 0.00782 e. The molecule has 0 aliphatic heterocycles. The van der Waals surface area contributed by atoms with Crippen LogP contribution in [0.4, 0.5) is 0 Å². The zero-order valence-corrected chi connectivity index (χ0v) is 25.5. The van der Waals surface area contributed by atoms with Gasteiger partial charge in [-0.05, 0) is 89.4 Å². The molecular formula is C29H44S4. The molecule has 33 heavy (non-hydrogen) atoms. The van der Waals surface area contributed by atoms with Crippen LogP contribution in [0.1, 0.15) is 76.1 Å². The number of thiol groups is 4. The summed E-state index contributed by atoms with van der Waals surface area (Å²) in [7, 11) is 0. The molecule has 0 saturated carbocycles. The molecule has 0 aliphatic rings. The first-order chi connectivity index (χ1) is 15.7. The molecule has 0 aromatic heterocycles. The SMILES string of the molecule is C=Cc1ccc(S)cc1.CC.CCC.CS.Cc1c(S)cc2cc(S)cc(C(C)C)c2c1C. The molecule has 0 aliphatic carbocycles. The van der Waals surface area contributed by atoms with Crippen molar-refractivity contribution in [2.24, 2.45) is 0 Å². The molecule has 3 rings (SSSR count). The summed E-state index contributed by atoms with van der Waals surface area (Å²) in [5, 5.41) is 2.61. The molecule has 0 spiro atoms. The van der Waals surface area contributed by atoms with Gasteiger partial charge >= 0.3 is 0 Å². The molecule has 0 amide bonds. The molecule has 0 N–H and O–H groups in total. The van der Waals surface area contributed by atoms with Crippen molar-refractivity contribution in [1.29, 1.82) is 0 Å². The largest absolute Gasteiger partial charge is 0.183 e. The molecule has 3 aromatic rings. The van der Waals surface area contributed by atoms with Gasteiger partial charge in [-0.1, -0.05) is 72.8 Å². The van der Waals surface area contributed by atoms with Crippen LogP contribution in [0.5, 0.6) is 0 Å². The molecule has 0 radical (unpaired) electrons. The zero-order chi connectivity index (χ0) is 26.1. The Labute approximate surface area is 226 Å². The van der Waals surface area contributed by atoms with Gasteiger partial charge in [-0.2, -0.15) is 12.6 Å². The van der Waals surface area contributed by atoms with E-state index in [1.54, 1.807) is 6.26 Å². The van der Waals surface area contributed by atoms with Gasteiger partial charge in [0.1, 0.15) is 0 Å². The van der Waals surface area contributed by atoms with Crippen LogP contribution in [0.15, 0.2) is 63.7 Å². The van der Waals surface area contributed by atoms with Crippen molar-refractivity contribution in [1.82, 2.24) is 0 Å². The lowest BCUT2D eigenvalue weighted by atomic mass is 9.91. The fourth-order valence-corrected chi connectivity index (χ4v) is 3.65. The van der Waals surface area contributed by atoms with Gasteiger partial charge in [-0.3, -0.25) is 0 Å². The Morgan fingerprint density at radius 1 is 0.818 bits per heavy atom. The van der Waals surface area contributed by atoms with Gasteiger partial charge in [0, 0.05) is 14.7 Å². The summed E-state index contributed by atoms with van der Waals surface area (Å²) in [4.78, 5) is 3.07. The molecule has 0 bridgehead atoms. The van der Waals surface area contributed by atoms with Crippen LogP contribution in [-0.2, 0) is 0 Å². The Morgan fingerprint density at radius 3 is 1.73 bits per heavy atom. The second-order valence-corrected chi connectivity index (χ2v) is 8.95. The molecule has 4 heteroatoms. The van der Waals surface area contributed by atoms with E-state index in [4.69, 9.17) is 0 Å². The number of hydrogen-bond donors (Lipinski definition) is 4. The third-order valence-electron chi connectivity index (χ3n) is 4.55. The molecule has 0 nitrogen and oxygen atoms in total.